The van der Waals surface area contributed by atoms with Gasteiger partial charge >= 0.3 is 5.97 Å². The molecule has 0 aromatic carbocycles. The van der Waals surface area contributed by atoms with E-state index in [0.717, 1.165) is 0 Å². The average molecular weight is 273 g/mol. The molecule has 2 amide bonds. The predicted octanol–water partition coefficient (Wildman–Crippen LogP) is -2.11. The molecule has 1 fully saturated rings. The van der Waals surface area contributed by atoms with E-state index in [9.17, 15) is 14.4 Å². The molecule has 0 aliphatic carbocycles. The monoisotopic (exact) mass is 273 g/mol. The highest BCUT2D eigenvalue weighted by atomic mass is 16.4. The number of rotatable bonds is 5. The maximum Gasteiger partial charge on any atom is 0.326 e. The zero-order valence-corrected chi connectivity index (χ0v) is 10.7. The van der Waals surface area contributed by atoms with Crippen molar-refractivity contribution in [1.29, 1.82) is 0 Å². The zero-order valence-electron chi connectivity index (χ0n) is 10.7. The van der Waals surface area contributed by atoms with Gasteiger partial charge in [0.25, 0.3) is 0 Å². The molecule has 0 aromatic heterocycles. The van der Waals surface area contributed by atoms with Crippen LogP contribution in [0.4, 0.5) is 0 Å². The van der Waals surface area contributed by atoms with Crippen molar-refractivity contribution in [2.45, 2.75) is 38.0 Å². The molecular weight excluding hydrogens is 254 g/mol. The maximum atomic E-state index is 11.8. The first-order valence-corrected chi connectivity index (χ1v) is 6.08. The third-order valence-electron chi connectivity index (χ3n) is 3.09. The Morgan fingerprint density at radius 2 is 2.11 bits per heavy atom. The average Bonchev–Trinajstić information content (AvgIpc) is 2.83. The summed E-state index contributed by atoms with van der Waals surface area (Å²) in [5.41, 5.74) is 5.39. The van der Waals surface area contributed by atoms with Gasteiger partial charge in [-0.25, -0.2) is 4.79 Å². The maximum absolute atomic E-state index is 11.8. The summed E-state index contributed by atoms with van der Waals surface area (Å²) in [5, 5.41) is 20.4. The number of carbonyl (C=O) groups is 3. The SMILES string of the molecule is C[C@@H](O)[C@H](N)C(=O)NCC(=O)N1CCC[C@H]1C(=O)O. The number of likely N-dealkylation sites (tertiary alicyclic amines) is 1. The van der Waals surface area contributed by atoms with E-state index in [4.69, 9.17) is 15.9 Å². The Morgan fingerprint density at radius 1 is 1.47 bits per heavy atom. The lowest BCUT2D eigenvalue weighted by Crippen LogP contribution is -2.51. The molecule has 1 saturated heterocycles. The van der Waals surface area contributed by atoms with E-state index in [1.54, 1.807) is 0 Å². The minimum absolute atomic E-state index is 0.316. The molecule has 1 heterocycles. The molecule has 1 aliphatic rings. The number of aliphatic carboxylic acids is 1. The second-order valence-corrected chi connectivity index (χ2v) is 4.57. The first-order chi connectivity index (χ1) is 8.84. The third kappa shape index (κ3) is 3.90. The quantitative estimate of drug-likeness (QED) is 0.453. The summed E-state index contributed by atoms with van der Waals surface area (Å²) < 4.78 is 0. The van der Waals surface area contributed by atoms with Crippen molar-refractivity contribution in [3.05, 3.63) is 0 Å². The van der Waals surface area contributed by atoms with Gasteiger partial charge in [-0.3, -0.25) is 9.59 Å². The second-order valence-electron chi connectivity index (χ2n) is 4.57. The number of hydrogen-bond acceptors (Lipinski definition) is 5. The van der Waals surface area contributed by atoms with E-state index >= 15 is 0 Å². The molecule has 3 atom stereocenters. The van der Waals surface area contributed by atoms with E-state index in [0.29, 0.717) is 19.4 Å². The minimum Gasteiger partial charge on any atom is -0.480 e. The summed E-state index contributed by atoms with van der Waals surface area (Å²) in [7, 11) is 0. The molecule has 0 aromatic rings. The highest BCUT2D eigenvalue weighted by Crippen LogP contribution is 2.17. The number of aliphatic hydroxyl groups is 1. The largest absolute Gasteiger partial charge is 0.480 e. The smallest absolute Gasteiger partial charge is 0.326 e. The van der Waals surface area contributed by atoms with Crippen LogP contribution >= 0.6 is 0 Å². The number of carboxylic acids is 1. The van der Waals surface area contributed by atoms with Crippen LogP contribution in [0.1, 0.15) is 19.8 Å². The second kappa shape index (κ2) is 6.48. The molecule has 0 radical (unpaired) electrons. The number of nitrogens with two attached hydrogens (primary N) is 1. The van der Waals surface area contributed by atoms with Gasteiger partial charge < -0.3 is 26.2 Å². The summed E-state index contributed by atoms with van der Waals surface area (Å²) in [5.74, 6) is -2.15. The Balaban J connectivity index is 2.47. The van der Waals surface area contributed by atoms with Crippen LogP contribution in [0.15, 0.2) is 0 Å². The van der Waals surface area contributed by atoms with Gasteiger partial charge in [0, 0.05) is 6.54 Å². The molecule has 0 spiro atoms. The Hall–Kier alpha value is -1.67. The van der Waals surface area contributed by atoms with Gasteiger partial charge in [0.2, 0.25) is 11.8 Å². The number of hydrogen-bond donors (Lipinski definition) is 4. The Kier molecular flexibility index (Phi) is 5.25. The summed E-state index contributed by atoms with van der Waals surface area (Å²) in [6.45, 7) is 1.42. The van der Waals surface area contributed by atoms with Crippen LogP contribution in [0.3, 0.4) is 0 Å². The van der Waals surface area contributed by atoms with Crippen LogP contribution < -0.4 is 11.1 Å². The van der Waals surface area contributed by atoms with Gasteiger partial charge in [-0.2, -0.15) is 0 Å². The van der Waals surface area contributed by atoms with E-state index in [2.05, 4.69) is 5.32 Å². The van der Waals surface area contributed by atoms with Crippen molar-refractivity contribution in [2.75, 3.05) is 13.1 Å². The molecule has 19 heavy (non-hydrogen) atoms. The normalized spacial score (nSPS) is 21.8. The molecule has 0 saturated carbocycles. The van der Waals surface area contributed by atoms with Gasteiger partial charge in [-0.15, -0.1) is 0 Å². The van der Waals surface area contributed by atoms with Crippen LogP contribution in [0.5, 0.6) is 0 Å². The first-order valence-electron chi connectivity index (χ1n) is 6.08. The molecule has 0 bridgehead atoms. The number of carboxylic acid groups (broad SMARTS) is 1. The van der Waals surface area contributed by atoms with E-state index < -0.39 is 36.0 Å². The highest BCUT2D eigenvalue weighted by molar-refractivity contribution is 5.90. The fraction of sp³-hybridized carbons (Fsp3) is 0.727. The molecule has 8 nitrogen and oxygen atoms in total. The van der Waals surface area contributed by atoms with Crippen molar-refractivity contribution < 1.29 is 24.6 Å². The summed E-state index contributed by atoms with van der Waals surface area (Å²) >= 11 is 0. The van der Waals surface area contributed by atoms with Gasteiger partial charge in [-0.05, 0) is 19.8 Å². The van der Waals surface area contributed by atoms with Crippen LogP contribution in [-0.2, 0) is 14.4 Å². The Morgan fingerprint density at radius 3 is 2.63 bits per heavy atom. The Labute approximate surface area is 110 Å². The Bertz CT molecular complexity index is 371. The van der Waals surface area contributed by atoms with Crippen LogP contribution in [0.2, 0.25) is 0 Å². The topological polar surface area (TPSA) is 133 Å². The fourth-order valence-electron chi connectivity index (χ4n) is 1.92. The van der Waals surface area contributed by atoms with Crippen molar-refractivity contribution in [1.82, 2.24) is 10.2 Å². The van der Waals surface area contributed by atoms with Crippen LogP contribution in [0, 0.1) is 0 Å². The predicted molar refractivity (Wildman–Crippen MR) is 65.0 cm³/mol. The first kappa shape index (κ1) is 15.4. The van der Waals surface area contributed by atoms with E-state index in [-0.39, 0.29) is 6.54 Å². The number of aliphatic hydroxyl groups excluding tert-OH is 1. The van der Waals surface area contributed by atoms with Crippen molar-refractivity contribution in [3.8, 4) is 0 Å². The van der Waals surface area contributed by atoms with Gasteiger partial charge in [0.05, 0.1) is 12.6 Å². The van der Waals surface area contributed by atoms with Crippen LogP contribution in [0.25, 0.3) is 0 Å². The number of amides is 2. The van der Waals surface area contributed by atoms with Crippen molar-refractivity contribution in [3.63, 3.8) is 0 Å². The summed E-state index contributed by atoms with van der Waals surface area (Å²) in [6.07, 6.45) is 0.0279. The van der Waals surface area contributed by atoms with Crippen LogP contribution in [-0.4, -0.2) is 64.2 Å². The zero-order chi connectivity index (χ0) is 14.6. The molecule has 5 N–H and O–H groups in total. The number of nitrogens with zero attached hydrogens (tertiary/aromatic N) is 1. The van der Waals surface area contributed by atoms with Crippen molar-refractivity contribution >= 4 is 17.8 Å². The van der Waals surface area contributed by atoms with E-state index in [1.807, 2.05) is 0 Å². The highest BCUT2D eigenvalue weighted by Gasteiger charge is 2.34. The van der Waals surface area contributed by atoms with E-state index in [1.165, 1.54) is 11.8 Å². The van der Waals surface area contributed by atoms with Gasteiger partial charge in [-0.1, -0.05) is 0 Å². The molecule has 108 valence electrons. The lowest BCUT2D eigenvalue weighted by atomic mass is 10.2. The summed E-state index contributed by atoms with van der Waals surface area (Å²) in [4.78, 5) is 35.4. The molecule has 1 rings (SSSR count). The van der Waals surface area contributed by atoms with Gasteiger partial charge in [0.1, 0.15) is 12.1 Å². The third-order valence-corrected chi connectivity index (χ3v) is 3.09. The summed E-state index contributed by atoms with van der Waals surface area (Å²) in [6, 6.07) is -1.93. The standard InChI is InChI=1S/C11H19N3O5/c1-6(15)9(12)10(17)13-5-8(16)14-4-2-3-7(14)11(18)19/h6-7,9,15H,2-5,12H2,1H3,(H,13,17)(H,18,19)/t6-,7+,9+/m1/s1. The molecule has 0 unspecified atom stereocenters. The molecule has 1 aliphatic heterocycles. The lowest BCUT2D eigenvalue weighted by molar-refractivity contribution is -0.148. The lowest BCUT2D eigenvalue weighted by Gasteiger charge is -2.22. The minimum atomic E-state index is -1.11. The fourth-order valence-corrected chi connectivity index (χ4v) is 1.92. The van der Waals surface area contributed by atoms with Crippen molar-refractivity contribution in [2.24, 2.45) is 5.73 Å². The number of carbonyl (C=O) groups excluding carboxylic acids is 2. The molecule has 8 heteroatoms. The molecular formula is C11H19N3O5. The number of nitrogens with one attached hydrogen (secondary N) is 1. The van der Waals surface area contributed by atoms with Gasteiger partial charge in [0.15, 0.2) is 0 Å².